The lowest BCUT2D eigenvalue weighted by Crippen LogP contribution is -2.43. The highest BCUT2D eigenvalue weighted by atomic mass is 19.4. The topological polar surface area (TPSA) is 68.7 Å². The summed E-state index contributed by atoms with van der Waals surface area (Å²) in [6.45, 7) is 11.8. The first-order valence-corrected chi connectivity index (χ1v) is 9.80. The lowest BCUT2D eigenvalue weighted by atomic mass is 10.2. The molecule has 28 heavy (non-hydrogen) atoms. The van der Waals surface area contributed by atoms with Crippen LogP contribution >= 0.6 is 0 Å². The molecule has 1 unspecified atom stereocenters. The third-order valence-electron chi connectivity index (χ3n) is 4.73. The van der Waals surface area contributed by atoms with Crippen molar-refractivity contribution in [3.05, 3.63) is 18.0 Å². The molecule has 0 aliphatic carbocycles. The summed E-state index contributed by atoms with van der Waals surface area (Å²) in [4.78, 5) is 16.6. The fourth-order valence-corrected chi connectivity index (χ4v) is 3.33. The monoisotopic (exact) mass is 401 g/mol. The van der Waals surface area contributed by atoms with Gasteiger partial charge in [-0.05, 0) is 32.5 Å². The van der Waals surface area contributed by atoms with E-state index in [1.54, 1.807) is 0 Å². The van der Waals surface area contributed by atoms with Crippen LogP contribution in [0.5, 0.6) is 0 Å². The number of likely N-dealkylation sites (N-methyl/N-ethyl adjacent to an activating group) is 1. The summed E-state index contributed by atoms with van der Waals surface area (Å²) in [6, 6.07) is 1.38. The Balaban J connectivity index is 1.90. The second-order valence-corrected chi connectivity index (χ2v) is 6.54. The molecule has 1 aliphatic heterocycles. The van der Waals surface area contributed by atoms with Crippen LogP contribution in [0, 0.1) is 0 Å². The summed E-state index contributed by atoms with van der Waals surface area (Å²) >= 11 is 0. The van der Waals surface area contributed by atoms with Crippen LogP contribution in [-0.4, -0.2) is 77.6 Å². The first kappa shape index (κ1) is 22.2. The summed E-state index contributed by atoms with van der Waals surface area (Å²) in [5.41, 5.74) is -0.957. The number of anilines is 1. The summed E-state index contributed by atoms with van der Waals surface area (Å²) in [7, 11) is 0. The zero-order valence-electron chi connectivity index (χ0n) is 16.8. The molecule has 1 aliphatic rings. The number of likely N-dealkylation sites (tertiary alicyclic amines) is 1. The molecular weight excluding hydrogens is 371 g/mol. The van der Waals surface area contributed by atoms with E-state index in [1.807, 2.05) is 6.92 Å². The van der Waals surface area contributed by atoms with Crippen molar-refractivity contribution in [2.24, 2.45) is 4.99 Å². The van der Waals surface area contributed by atoms with Gasteiger partial charge in [0.15, 0.2) is 5.96 Å². The van der Waals surface area contributed by atoms with Gasteiger partial charge in [0.2, 0.25) is 5.95 Å². The molecule has 0 spiro atoms. The highest BCUT2D eigenvalue weighted by molar-refractivity contribution is 5.80. The highest BCUT2D eigenvalue weighted by Gasteiger charge is 2.32. The first-order chi connectivity index (χ1) is 13.4. The number of alkyl halides is 3. The molecule has 0 amide bonds. The normalized spacial score (nSPS) is 18.0. The minimum atomic E-state index is -4.48. The zero-order valence-corrected chi connectivity index (χ0v) is 16.8. The number of rotatable bonds is 8. The van der Waals surface area contributed by atoms with Crippen molar-refractivity contribution in [3.63, 3.8) is 0 Å². The smallest absolute Gasteiger partial charge is 0.357 e. The van der Waals surface area contributed by atoms with Crippen LogP contribution in [0.4, 0.5) is 19.1 Å². The van der Waals surface area contributed by atoms with Crippen molar-refractivity contribution < 1.29 is 13.2 Å². The van der Waals surface area contributed by atoms with Crippen molar-refractivity contribution >= 4 is 11.9 Å². The molecule has 1 aromatic heterocycles. The lowest BCUT2D eigenvalue weighted by Gasteiger charge is -2.27. The van der Waals surface area contributed by atoms with Gasteiger partial charge in [-0.2, -0.15) is 13.2 Å². The standard InChI is InChI=1S/C18H30F3N7/c1-4-22-17(28-12-8-14(13-28)27(5-2)6-3)25-11-10-24-16-23-9-7-15(26-16)18(19,20)21/h7,9,14H,4-6,8,10-13H2,1-3H3,(H,22,25)(H,23,24,26). The molecule has 0 saturated carbocycles. The van der Waals surface area contributed by atoms with E-state index in [2.05, 4.69) is 49.2 Å². The molecular formula is C18H30F3N7. The average Bonchev–Trinajstić information content (AvgIpc) is 3.14. The van der Waals surface area contributed by atoms with Gasteiger partial charge >= 0.3 is 6.18 Å². The Hall–Kier alpha value is -2.10. The predicted octanol–water partition coefficient (Wildman–Crippen LogP) is 2.29. The van der Waals surface area contributed by atoms with Gasteiger partial charge in [0.25, 0.3) is 0 Å². The molecule has 1 aromatic rings. The average molecular weight is 401 g/mol. The van der Waals surface area contributed by atoms with E-state index in [1.165, 1.54) is 0 Å². The Bertz CT molecular complexity index is 632. The minimum Gasteiger partial charge on any atom is -0.357 e. The zero-order chi connectivity index (χ0) is 20.6. The van der Waals surface area contributed by atoms with Crippen LogP contribution in [0.3, 0.4) is 0 Å². The molecule has 0 radical (unpaired) electrons. The lowest BCUT2D eigenvalue weighted by molar-refractivity contribution is -0.141. The largest absolute Gasteiger partial charge is 0.433 e. The summed E-state index contributed by atoms with van der Waals surface area (Å²) in [5.74, 6) is 0.793. The van der Waals surface area contributed by atoms with Crippen LogP contribution < -0.4 is 10.6 Å². The van der Waals surface area contributed by atoms with Crippen molar-refractivity contribution in [3.8, 4) is 0 Å². The second kappa shape index (κ2) is 10.4. The molecule has 10 heteroatoms. The van der Waals surface area contributed by atoms with E-state index < -0.39 is 11.9 Å². The maximum absolute atomic E-state index is 12.7. The highest BCUT2D eigenvalue weighted by Crippen LogP contribution is 2.27. The summed E-state index contributed by atoms with van der Waals surface area (Å²) in [6.07, 6.45) is -2.28. The second-order valence-electron chi connectivity index (χ2n) is 6.54. The van der Waals surface area contributed by atoms with Crippen molar-refractivity contribution in [1.82, 2.24) is 25.1 Å². The van der Waals surface area contributed by atoms with Crippen LogP contribution in [0.1, 0.15) is 32.9 Å². The van der Waals surface area contributed by atoms with E-state index >= 15 is 0 Å². The summed E-state index contributed by atoms with van der Waals surface area (Å²) < 4.78 is 38.1. The maximum atomic E-state index is 12.7. The molecule has 1 fully saturated rings. The van der Waals surface area contributed by atoms with Crippen LogP contribution in [-0.2, 0) is 6.18 Å². The molecule has 7 nitrogen and oxygen atoms in total. The Labute approximate surface area is 164 Å². The fraction of sp³-hybridized carbons (Fsp3) is 0.722. The van der Waals surface area contributed by atoms with Crippen molar-refractivity contribution in [1.29, 1.82) is 0 Å². The van der Waals surface area contributed by atoms with E-state index in [4.69, 9.17) is 0 Å². The number of aliphatic imine (C=N–C) groups is 1. The molecule has 0 bridgehead atoms. The molecule has 1 saturated heterocycles. The number of nitrogens with zero attached hydrogens (tertiary/aromatic N) is 5. The molecule has 1 atom stereocenters. The minimum absolute atomic E-state index is 0.0437. The van der Waals surface area contributed by atoms with Gasteiger partial charge in [-0.15, -0.1) is 0 Å². The van der Waals surface area contributed by atoms with Gasteiger partial charge in [-0.3, -0.25) is 9.89 Å². The number of aromatic nitrogens is 2. The Morgan fingerprint density at radius 2 is 2.07 bits per heavy atom. The third-order valence-corrected chi connectivity index (χ3v) is 4.73. The SMILES string of the molecule is CCNC(=NCCNc1nccc(C(F)(F)F)n1)N1CCC(N(CC)CC)C1. The number of hydrogen-bond acceptors (Lipinski definition) is 5. The van der Waals surface area contributed by atoms with Crippen LogP contribution in [0.15, 0.2) is 17.3 Å². The number of halogens is 3. The van der Waals surface area contributed by atoms with Gasteiger partial charge in [0.1, 0.15) is 5.69 Å². The molecule has 0 aromatic carbocycles. The summed E-state index contributed by atoms with van der Waals surface area (Å²) in [5, 5.41) is 6.10. The number of nitrogens with one attached hydrogen (secondary N) is 2. The van der Waals surface area contributed by atoms with Gasteiger partial charge < -0.3 is 15.5 Å². The number of hydrogen-bond donors (Lipinski definition) is 2. The molecule has 158 valence electrons. The van der Waals surface area contributed by atoms with Crippen molar-refractivity contribution in [2.45, 2.75) is 39.4 Å². The van der Waals surface area contributed by atoms with Crippen molar-refractivity contribution in [2.75, 3.05) is 51.1 Å². The third kappa shape index (κ3) is 6.22. The van der Waals surface area contributed by atoms with Gasteiger partial charge in [0.05, 0.1) is 6.54 Å². The Morgan fingerprint density at radius 1 is 1.32 bits per heavy atom. The Kier molecular flexibility index (Phi) is 8.28. The fourth-order valence-electron chi connectivity index (χ4n) is 3.33. The van der Waals surface area contributed by atoms with E-state index in [9.17, 15) is 13.2 Å². The van der Waals surface area contributed by atoms with E-state index in [-0.39, 0.29) is 5.95 Å². The van der Waals surface area contributed by atoms with Gasteiger partial charge in [-0.25, -0.2) is 9.97 Å². The maximum Gasteiger partial charge on any atom is 0.433 e. The van der Waals surface area contributed by atoms with E-state index in [0.29, 0.717) is 19.1 Å². The first-order valence-electron chi connectivity index (χ1n) is 9.80. The number of guanidine groups is 1. The molecule has 2 heterocycles. The van der Waals surface area contributed by atoms with E-state index in [0.717, 1.165) is 57.4 Å². The Morgan fingerprint density at radius 3 is 2.71 bits per heavy atom. The van der Waals surface area contributed by atoms with Gasteiger partial charge in [0, 0.05) is 38.4 Å². The predicted molar refractivity (Wildman–Crippen MR) is 104 cm³/mol. The quantitative estimate of drug-likeness (QED) is 0.396. The molecule has 2 rings (SSSR count). The van der Waals surface area contributed by atoms with Crippen LogP contribution in [0.25, 0.3) is 0 Å². The molecule has 2 N–H and O–H groups in total. The van der Waals surface area contributed by atoms with Gasteiger partial charge in [-0.1, -0.05) is 13.8 Å². The van der Waals surface area contributed by atoms with Crippen LogP contribution in [0.2, 0.25) is 0 Å².